The van der Waals surface area contributed by atoms with E-state index in [-0.39, 0.29) is 78.5 Å². The van der Waals surface area contributed by atoms with Crippen LogP contribution >= 0.6 is 0 Å². The van der Waals surface area contributed by atoms with Gasteiger partial charge in [-0.05, 0) is 164 Å². The van der Waals surface area contributed by atoms with Crippen molar-refractivity contribution in [1.29, 1.82) is 0 Å². The van der Waals surface area contributed by atoms with Crippen molar-refractivity contribution < 1.29 is 105 Å². The second-order valence-electron chi connectivity index (χ2n) is 25.2. The Hall–Kier alpha value is -14.4. The lowest BCUT2D eigenvalue weighted by Gasteiger charge is -2.44. The first kappa shape index (κ1) is 75.9. The summed E-state index contributed by atoms with van der Waals surface area (Å²) in [5.41, 5.74) is 1.55. The second kappa shape index (κ2) is 36.5. The van der Waals surface area contributed by atoms with Crippen molar-refractivity contribution in [3.05, 3.63) is 371 Å². The molecule has 0 bridgehead atoms. The van der Waals surface area contributed by atoms with Crippen molar-refractivity contribution in [1.82, 2.24) is 0 Å². The average molecular weight is 1510 g/mol. The molecule has 11 aromatic carbocycles. The van der Waals surface area contributed by atoms with Crippen LogP contribution in [0.1, 0.15) is 104 Å². The van der Waals surface area contributed by atoms with Crippen LogP contribution in [0.5, 0.6) is 11.5 Å². The summed E-state index contributed by atoms with van der Waals surface area (Å²) >= 11 is 0. The van der Waals surface area contributed by atoms with E-state index < -0.39 is 134 Å². The molecule has 11 aromatic rings. The zero-order valence-electron chi connectivity index (χ0n) is 59.2. The van der Waals surface area contributed by atoms with Crippen molar-refractivity contribution in [2.75, 3.05) is 23.8 Å². The van der Waals surface area contributed by atoms with Gasteiger partial charge < -0.3 is 67.5 Å². The molecule has 0 spiro atoms. The normalized spacial score (nSPS) is 18.9. The van der Waals surface area contributed by atoms with E-state index in [1.807, 2.05) is 0 Å². The maximum absolute atomic E-state index is 14.2. The van der Waals surface area contributed by atoms with Gasteiger partial charge in [0.05, 0.1) is 44.5 Å². The van der Waals surface area contributed by atoms with Gasteiger partial charge in [0, 0.05) is 22.5 Å². The molecule has 24 nitrogen and oxygen atoms in total. The number of amides is 2. The maximum Gasteiger partial charge on any atom is 0.338 e. The SMILES string of the molecule is O=C(Nc1ccc(O[C@@H]2O[C@H](COC(=O)c3ccccc3)[C@@H](OC(=O)c3ccccc3)[C@H](OC(=O)c3ccccc3)[C@H]2OC(=O)c2ccccc2)cc1)c1cccc(C(=O)Nc2ccc(O[C@@H]3O[C@H](COC(=O)c4ccccc4)[C@@H](OC(=O)c4ccccc4)[C@H](OC(=O)c4ccccc4)[C@H]3OC(=O)c3ccccc3)cc2)c1. The van der Waals surface area contributed by atoms with Gasteiger partial charge in [-0.3, -0.25) is 9.59 Å². The Morgan fingerprint density at radius 3 is 0.723 bits per heavy atom. The summed E-state index contributed by atoms with van der Waals surface area (Å²) in [6.45, 7) is -1.21. The predicted molar refractivity (Wildman–Crippen MR) is 401 cm³/mol. The molecule has 0 radical (unpaired) electrons. The minimum Gasteiger partial charge on any atom is -0.461 e. The Morgan fingerprint density at radius 1 is 0.241 bits per heavy atom. The minimum absolute atomic E-state index is 0.0611. The van der Waals surface area contributed by atoms with Crippen molar-refractivity contribution in [2.45, 2.75) is 61.4 Å². The van der Waals surface area contributed by atoms with Gasteiger partial charge in [-0.1, -0.05) is 152 Å². The molecule has 10 atom stereocenters. The standard InChI is InChI=1S/C88H68N2O22/c91-77(89-65-44-48-67(49-45-65)103-87-75(111-85(99)61-38-21-7-22-39-61)73(109-83(97)59-34-17-5-18-35-59)71(107-81(95)57-30-13-3-14-31-57)69(105-87)53-101-79(93)55-26-9-1-10-27-55)63-42-25-43-64(52-63)78(92)90-66-46-50-68(51-47-66)104-88-76(112-86(100)62-40-23-8-24-41-62)74(110-84(98)60-36-19-6-20-37-60)72(108-82(96)58-32-15-4-16-33-58)70(106-88)54-102-80(94)56-28-11-2-12-29-56/h1-52,69-76,87-88H,53-54H2,(H,89,91)(H,90,92)/t69-,70-,71-,72-,73+,74+,75-,76-,87-,88-/m1/s1. The number of hydrogen-bond acceptors (Lipinski definition) is 22. The third kappa shape index (κ3) is 19.5. The quantitative estimate of drug-likeness (QED) is 0.0376. The molecule has 2 amide bonds. The molecule has 2 fully saturated rings. The molecular formula is C88H68N2O22. The summed E-state index contributed by atoms with van der Waals surface area (Å²) in [7, 11) is 0. The molecule has 24 heteroatoms. The molecule has 2 aliphatic rings. The fourth-order valence-electron chi connectivity index (χ4n) is 12.0. The molecule has 2 saturated heterocycles. The fourth-order valence-corrected chi connectivity index (χ4v) is 12.0. The van der Waals surface area contributed by atoms with Crippen LogP contribution in [-0.2, 0) is 47.4 Å². The number of carbonyl (C=O) groups is 10. The van der Waals surface area contributed by atoms with E-state index in [1.54, 1.807) is 146 Å². The first-order chi connectivity index (χ1) is 54.6. The molecule has 13 rings (SSSR count). The van der Waals surface area contributed by atoms with Crippen LogP contribution in [0.15, 0.2) is 315 Å². The Bertz CT molecular complexity index is 4780. The third-order valence-corrected chi connectivity index (χ3v) is 17.6. The van der Waals surface area contributed by atoms with Gasteiger partial charge >= 0.3 is 47.8 Å². The molecule has 0 aromatic heterocycles. The molecular weight excluding hydrogens is 1440 g/mol. The van der Waals surface area contributed by atoms with Crippen molar-refractivity contribution in [3.63, 3.8) is 0 Å². The first-order valence-electron chi connectivity index (χ1n) is 35.2. The van der Waals surface area contributed by atoms with Crippen LogP contribution in [0.4, 0.5) is 11.4 Å². The van der Waals surface area contributed by atoms with E-state index in [0.717, 1.165) is 0 Å². The van der Waals surface area contributed by atoms with E-state index in [1.165, 1.54) is 170 Å². The van der Waals surface area contributed by atoms with Gasteiger partial charge in [0.15, 0.2) is 24.4 Å². The van der Waals surface area contributed by atoms with Crippen molar-refractivity contribution in [2.24, 2.45) is 0 Å². The monoisotopic (exact) mass is 1500 g/mol. The molecule has 562 valence electrons. The van der Waals surface area contributed by atoms with Gasteiger partial charge in [-0.15, -0.1) is 0 Å². The maximum atomic E-state index is 14.2. The summed E-state index contributed by atoms with van der Waals surface area (Å²) < 4.78 is 74.6. The molecule has 2 aliphatic heterocycles. The minimum atomic E-state index is -1.71. The highest BCUT2D eigenvalue weighted by atomic mass is 16.7. The Kier molecular flexibility index (Phi) is 24.7. The number of esters is 8. The molecule has 0 unspecified atom stereocenters. The molecule has 0 saturated carbocycles. The Labute approximate surface area is 640 Å². The number of hydrogen-bond donors (Lipinski definition) is 2. The van der Waals surface area contributed by atoms with Gasteiger partial charge in [0.2, 0.25) is 24.8 Å². The van der Waals surface area contributed by atoms with E-state index in [2.05, 4.69) is 10.6 Å². The van der Waals surface area contributed by atoms with Gasteiger partial charge in [-0.25, -0.2) is 38.4 Å². The summed E-state index contributed by atoms with van der Waals surface area (Å²) in [6.07, 6.45) is -16.4. The number of anilines is 2. The van der Waals surface area contributed by atoms with E-state index in [0.29, 0.717) is 0 Å². The highest BCUT2D eigenvalue weighted by Gasteiger charge is 2.56. The van der Waals surface area contributed by atoms with Gasteiger partial charge in [-0.2, -0.15) is 0 Å². The lowest BCUT2D eigenvalue weighted by atomic mass is 9.97. The summed E-state index contributed by atoms with van der Waals surface area (Å²) in [4.78, 5) is 140. The molecule has 112 heavy (non-hydrogen) atoms. The third-order valence-electron chi connectivity index (χ3n) is 17.6. The zero-order valence-corrected chi connectivity index (χ0v) is 59.2. The van der Waals surface area contributed by atoms with Crippen LogP contribution in [0.2, 0.25) is 0 Å². The lowest BCUT2D eigenvalue weighted by molar-refractivity contribution is -0.275. The highest BCUT2D eigenvalue weighted by Crippen LogP contribution is 2.36. The van der Waals surface area contributed by atoms with Gasteiger partial charge in [0.1, 0.15) is 36.9 Å². The van der Waals surface area contributed by atoms with Crippen LogP contribution in [-0.4, -0.2) is 134 Å². The van der Waals surface area contributed by atoms with Gasteiger partial charge in [0.25, 0.3) is 11.8 Å². The lowest BCUT2D eigenvalue weighted by Crippen LogP contribution is -2.63. The number of carbonyl (C=O) groups excluding carboxylic acids is 10. The predicted octanol–water partition coefficient (Wildman–Crippen LogP) is 13.5. The highest BCUT2D eigenvalue weighted by molar-refractivity contribution is 6.09. The number of benzene rings is 11. The van der Waals surface area contributed by atoms with Crippen molar-refractivity contribution >= 4 is 70.9 Å². The Balaban J connectivity index is 0.725. The topological polar surface area (TPSA) is 306 Å². The second-order valence-corrected chi connectivity index (χ2v) is 25.2. The van der Waals surface area contributed by atoms with Crippen LogP contribution in [0, 0.1) is 0 Å². The van der Waals surface area contributed by atoms with E-state index >= 15 is 0 Å². The van der Waals surface area contributed by atoms with Crippen molar-refractivity contribution in [3.8, 4) is 11.5 Å². The smallest absolute Gasteiger partial charge is 0.338 e. The number of nitrogens with one attached hydrogen (secondary N) is 2. The zero-order chi connectivity index (χ0) is 77.7. The van der Waals surface area contributed by atoms with Crippen LogP contribution in [0.25, 0.3) is 0 Å². The molecule has 0 aliphatic carbocycles. The summed E-state index contributed by atoms with van der Waals surface area (Å²) in [5.74, 6) is -8.08. The summed E-state index contributed by atoms with van der Waals surface area (Å²) in [5, 5.41) is 5.61. The van der Waals surface area contributed by atoms with E-state index in [4.69, 9.17) is 56.8 Å². The van der Waals surface area contributed by atoms with Crippen LogP contribution < -0.4 is 20.1 Å². The molecule has 2 N–H and O–H groups in total. The Morgan fingerprint density at radius 2 is 0.464 bits per heavy atom. The first-order valence-corrected chi connectivity index (χ1v) is 35.2. The number of ether oxygens (including phenoxy) is 12. The fraction of sp³-hybridized carbons (Fsp3) is 0.136. The van der Waals surface area contributed by atoms with E-state index in [9.17, 15) is 47.9 Å². The average Bonchev–Trinajstić information content (AvgIpc) is 0.776. The number of rotatable bonds is 26. The van der Waals surface area contributed by atoms with Crippen LogP contribution in [0.3, 0.4) is 0 Å². The largest absolute Gasteiger partial charge is 0.461 e. The summed E-state index contributed by atoms with van der Waals surface area (Å²) in [6, 6.07) is 81.2. The molecule has 2 heterocycles.